The van der Waals surface area contributed by atoms with Crippen molar-refractivity contribution in [2.45, 2.75) is 37.7 Å². The van der Waals surface area contributed by atoms with Crippen molar-refractivity contribution in [3.63, 3.8) is 0 Å². The van der Waals surface area contributed by atoms with E-state index in [0.717, 1.165) is 11.8 Å². The smallest absolute Gasteiger partial charge is 0.270 e. The minimum Gasteiger partial charge on any atom is -0.489 e. The standard InChI is InChI=1S/C18H21N3O5S/c1-13-3-5-15(21(22)23)11-18(13)27(24,25)20-9-7-16(8-10-20)26-17-6-4-14(2)19-12-17/h3-6,11-12,16H,7-10H2,1-2H3. The number of rotatable bonds is 5. The number of aromatic nitrogens is 1. The number of benzene rings is 1. The molecule has 0 atom stereocenters. The van der Waals surface area contributed by atoms with Crippen LogP contribution in [-0.2, 0) is 10.0 Å². The molecule has 1 aliphatic heterocycles. The summed E-state index contributed by atoms with van der Waals surface area (Å²) in [7, 11) is -3.79. The number of pyridine rings is 1. The van der Waals surface area contributed by atoms with Crippen LogP contribution in [0.1, 0.15) is 24.1 Å². The van der Waals surface area contributed by atoms with Gasteiger partial charge in [-0.15, -0.1) is 0 Å². The third-order valence-corrected chi connectivity index (χ3v) is 6.63. The van der Waals surface area contributed by atoms with Crippen molar-refractivity contribution in [3.8, 4) is 5.75 Å². The van der Waals surface area contributed by atoms with E-state index in [2.05, 4.69) is 4.98 Å². The molecule has 0 N–H and O–H groups in total. The molecule has 3 rings (SSSR count). The van der Waals surface area contributed by atoms with Gasteiger partial charge in [0, 0.05) is 30.9 Å². The number of piperidine rings is 1. The Labute approximate surface area is 158 Å². The van der Waals surface area contributed by atoms with Crippen LogP contribution in [0.4, 0.5) is 5.69 Å². The highest BCUT2D eigenvalue weighted by Crippen LogP contribution is 2.28. The number of hydrogen-bond acceptors (Lipinski definition) is 6. The molecule has 0 spiro atoms. The van der Waals surface area contributed by atoms with Gasteiger partial charge in [-0.2, -0.15) is 4.31 Å². The third-order valence-electron chi connectivity index (χ3n) is 4.59. The molecule has 144 valence electrons. The minimum absolute atomic E-state index is 0.0150. The second-order valence-electron chi connectivity index (χ2n) is 6.56. The average molecular weight is 391 g/mol. The molecule has 1 saturated heterocycles. The third kappa shape index (κ3) is 4.25. The number of sulfonamides is 1. The maximum atomic E-state index is 12.9. The number of nitro benzene ring substituents is 1. The Hall–Kier alpha value is -2.52. The van der Waals surface area contributed by atoms with Gasteiger partial charge in [0.2, 0.25) is 10.0 Å². The van der Waals surface area contributed by atoms with Crippen LogP contribution in [0, 0.1) is 24.0 Å². The number of nitrogens with zero attached hydrogens (tertiary/aromatic N) is 3. The highest BCUT2D eigenvalue weighted by atomic mass is 32.2. The van der Waals surface area contributed by atoms with Gasteiger partial charge in [-0.25, -0.2) is 8.42 Å². The molecule has 1 aromatic heterocycles. The van der Waals surface area contributed by atoms with E-state index in [4.69, 9.17) is 4.74 Å². The van der Waals surface area contributed by atoms with Crippen LogP contribution in [0.5, 0.6) is 5.75 Å². The lowest BCUT2D eigenvalue weighted by Crippen LogP contribution is -2.41. The molecule has 0 bridgehead atoms. The van der Waals surface area contributed by atoms with Crippen molar-refractivity contribution in [3.05, 3.63) is 57.9 Å². The van der Waals surface area contributed by atoms with Crippen molar-refractivity contribution >= 4 is 15.7 Å². The predicted octanol–water partition coefficient (Wildman–Crippen LogP) is 2.84. The minimum atomic E-state index is -3.79. The largest absolute Gasteiger partial charge is 0.489 e. The number of ether oxygens (including phenoxy) is 1. The van der Waals surface area contributed by atoms with Crippen molar-refractivity contribution in [2.75, 3.05) is 13.1 Å². The van der Waals surface area contributed by atoms with Crippen LogP contribution in [0.3, 0.4) is 0 Å². The van der Waals surface area contributed by atoms with Gasteiger partial charge in [0.15, 0.2) is 0 Å². The molecule has 2 aromatic rings. The fraction of sp³-hybridized carbons (Fsp3) is 0.389. The van der Waals surface area contributed by atoms with E-state index >= 15 is 0 Å². The summed E-state index contributed by atoms with van der Waals surface area (Å²) in [6.45, 7) is 4.13. The summed E-state index contributed by atoms with van der Waals surface area (Å²) in [6.07, 6.45) is 2.65. The summed E-state index contributed by atoms with van der Waals surface area (Å²) < 4.78 is 33.1. The first-order valence-corrected chi connectivity index (χ1v) is 10.1. The van der Waals surface area contributed by atoms with Crippen LogP contribution in [0.25, 0.3) is 0 Å². The Bertz CT molecular complexity index is 936. The maximum Gasteiger partial charge on any atom is 0.270 e. The Morgan fingerprint density at radius 1 is 1.19 bits per heavy atom. The quantitative estimate of drug-likeness (QED) is 0.574. The van der Waals surface area contributed by atoms with E-state index in [-0.39, 0.29) is 16.7 Å². The van der Waals surface area contributed by atoms with Gasteiger partial charge in [0.05, 0.1) is 16.0 Å². The number of nitro groups is 1. The van der Waals surface area contributed by atoms with Crippen molar-refractivity contribution in [1.29, 1.82) is 0 Å². The summed E-state index contributed by atoms with van der Waals surface area (Å²) in [5.74, 6) is 0.663. The molecule has 0 aliphatic carbocycles. The lowest BCUT2D eigenvalue weighted by Gasteiger charge is -2.31. The van der Waals surface area contributed by atoms with E-state index in [0.29, 0.717) is 37.2 Å². The first kappa shape index (κ1) is 19.2. The lowest BCUT2D eigenvalue weighted by molar-refractivity contribution is -0.385. The van der Waals surface area contributed by atoms with E-state index in [1.807, 2.05) is 19.1 Å². The summed E-state index contributed by atoms with van der Waals surface area (Å²) in [6, 6.07) is 7.61. The van der Waals surface area contributed by atoms with Gasteiger partial charge in [0.1, 0.15) is 11.9 Å². The monoisotopic (exact) mass is 391 g/mol. The van der Waals surface area contributed by atoms with E-state index in [9.17, 15) is 18.5 Å². The summed E-state index contributed by atoms with van der Waals surface area (Å²) in [4.78, 5) is 14.6. The molecule has 0 radical (unpaired) electrons. The van der Waals surface area contributed by atoms with Gasteiger partial charge in [-0.3, -0.25) is 15.1 Å². The SMILES string of the molecule is Cc1ccc(OC2CCN(S(=O)(=O)c3cc([N+](=O)[O-])ccc3C)CC2)cn1. The van der Waals surface area contributed by atoms with Gasteiger partial charge in [0.25, 0.3) is 5.69 Å². The Morgan fingerprint density at radius 3 is 2.48 bits per heavy atom. The van der Waals surface area contributed by atoms with Crippen LogP contribution >= 0.6 is 0 Å². The van der Waals surface area contributed by atoms with Crippen LogP contribution < -0.4 is 4.74 Å². The van der Waals surface area contributed by atoms with Crippen LogP contribution in [0.15, 0.2) is 41.4 Å². The molecule has 9 heteroatoms. The molecule has 8 nitrogen and oxygen atoms in total. The fourth-order valence-electron chi connectivity index (χ4n) is 3.03. The molecule has 0 unspecified atom stereocenters. The van der Waals surface area contributed by atoms with Gasteiger partial charge >= 0.3 is 0 Å². The summed E-state index contributed by atoms with van der Waals surface area (Å²) in [5, 5.41) is 11.0. The van der Waals surface area contributed by atoms with Crippen molar-refractivity contribution < 1.29 is 18.1 Å². The van der Waals surface area contributed by atoms with Crippen molar-refractivity contribution in [2.24, 2.45) is 0 Å². The topological polar surface area (TPSA) is 103 Å². The van der Waals surface area contributed by atoms with Gasteiger partial charge in [-0.1, -0.05) is 6.07 Å². The second-order valence-corrected chi connectivity index (χ2v) is 8.47. The lowest BCUT2D eigenvalue weighted by atomic mass is 10.1. The number of non-ortho nitro benzene ring substituents is 1. The zero-order valence-corrected chi connectivity index (χ0v) is 16.0. The fourth-order valence-corrected chi connectivity index (χ4v) is 4.74. The van der Waals surface area contributed by atoms with E-state index in [1.165, 1.54) is 16.4 Å². The average Bonchev–Trinajstić information content (AvgIpc) is 2.64. The number of hydrogen-bond donors (Lipinski definition) is 0. The Morgan fingerprint density at radius 2 is 1.89 bits per heavy atom. The molecule has 0 saturated carbocycles. The first-order chi connectivity index (χ1) is 12.8. The molecular weight excluding hydrogens is 370 g/mol. The second kappa shape index (κ2) is 7.61. The normalized spacial score (nSPS) is 16.2. The molecule has 1 fully saturated rings. The summed E-state index contributed by atoms with van der Waals surface area (Å²) >= 11 is 0. The maximum absolute atomic E-state index is 12.9. The first-order valence-electron chi connectivity index (χ1n) is 8.62. The Kier molecular flexibility index (Phi) is 5.43. The van der Waals surface area contributed by atoms with E-state index < -0.39 is 14.9 Å². The molecule has 0 amide bonds. The molecule has 2 heterocycles. The summed E-state index contributed by atoms with van der Waals surface area (Å²) in [5.41, 5.74) is 1.16. The molecule has 27 heavy (non-hydrogen) atoms. The van der Waals surface area contributed by atoms with E-state index in [1.54, 1.807) is 13.1 Å². The Balaban J connectivity index is 1.70. The highest BCUT2D eigenvalue weighted by Gasteiger charge is 2.32. The number of aryl methyl sites for hydroxylation is 2. The zero-order chi connectivity index (χ0) is 19.6. The van der Waals surface area contributed by atoms with Crippen molar-refractivity contribution in [1.82, 2.24) is 9.29 Å². The van der Waals surface area contributed by atoms with Crippen LogP contribution in [-0.4, -0.2) is 41.8 Å². The highest BCUT2D eigenvalue weighted by molar-refractivity contribution is 7.89. The zero-order valence-electron chi connectivity index (χ0n) is 15.2. The van der Waals surface area contributed by atoms with Gasteiger partial charge < -0.3 is 4.74 Å². The van der Waals surface area contributed by atoms with Gasteiger partial charge in [-0.05, 0) is 44.4 Å². The molecule has 1 aliphatic rings. The molecular formula is C18H21N3O5S. The predicted molar refractivity (Wildman–Crippen MR) is 99.2 cm³/mol. The molecule has 1 aromatic carbocycles. The van der Waals surface area contributed by atoms with Crippen LogP contribution in [0.2, 0.25) is 0 Å².